The Kier molecular flexibility index (Phi) is 3.85. The predicted octanol–water partition coefficient (Wildman–Crippen LogP) is 2.70. The number of nitrogens with two attached hydrogens (primary N) is 1. The molecule has 1 atom stereocenters. The van der Waals surface area contributed by atoms with Crippen molar-refractivity contribution in [2.45, 2.75) is 45.2 Å². The number of piperidine rings is 1. The second-order valence-corrected chi connectivity index (χ2v) is 5.51. The lowest BCUT2D eigenvalue weighted by Gasteiger charge is -2.41. The van der Waals surface area contributed by atoms with Crippen LogP contribution < -0.4 is 5.73 Å². The lowest BCUT2D eigenvalue weighted by atomic mass is 9.95. The summed E-state index contributed by atoms with van der Waals surface area (Å²) in [5, 5.41) is 0. The van der Waals surface area contributed by atoms with Crippen LogP contribution in [0.15, 0.2) is 24.3 Å². The van der Waals surface area contributed by atoms with Crippen LogP contribution in [0.3, 0.4) is 0 Å². The highest BCUT2D eigenvalue weighted by Gasteiger charge is 2.28. The molecule has 1 fully saturated rings. The third-order valence-corrected chi connectivity index (χ3v) is 3.89. The van der Waals surface area contributed by atoms with Crippen molar-refractivity contribution in [2.24, 2.45) is 5.73 Å². The highest BCUT2D eigenvalue weighted by atomic mass is 15.3. The molecule has 1 aliphatic rings. The summed E-state index contributed by atoms with van der Waals surface area (Å²) in [5.74, 6) is 0. The number of nitrogens with zero attached hydrogens (tertiary/aromatic N) is 1. The van der Waals surface area contributed by atoms with Gasteiger partial charge in [-0.15, -0.1) is 0 Å². The van der Waals surface area contributed by atoms with E-state index in [0.29, 0.717) is 0 Å². The van der Waals surface area contributed by atoms with E-state index < -0.39 is 0 Å². The fourth-order valence-corrected chi connectivity index (χ4v) is 2.71. The average Bonchev–Trinajstić information content (AvgIpc) is 2.33. The minimum absolute atomic E-state index is 0.202. The second-order valence-electron chi connectivity index (χ2n) is 5.51. The maximum absolute atomic E-state index is 6.52. The number of hydrogen-bond donors (Lipinski definition) is 1. The van der Waals surface area contributed by atoms with E-state index in [1.165, 1.54) is 30.4 Å². The van der Waals surface area contributed by atoms with Gasteiger partial charge in [-0.1, -0.05) is 30.7 Å². The van der Waals surface area contributed by atoms with Gasteiger partial charge in [0.1, 0.15) is 0 Å². The quantitative estimate of drug-likeness (QED) is 0.868. The Morgan fingerprint density at radius 1 is 1.18 bits per heavy atom. The Balaban J connectivity index is 2.08. The monoisotopic (exact) mass is 232 g/mol. The van der Waals surface area contributed by atoms with E-state index in [0.717, 1.165) is 19.5 Å². The summed E-state index contributed by atoms with van der Waals surface area (Å²) in [7, 11) is 0. The van der Waals surface area contributed by atoms with E-state index in [9.17, 15) is 0 Å². The van der Waals surface area contributed by atoms with Crippen molar-refractivity contribution in [3.8, 4) is 0 Å². The van der Waals surface area contributed by atoms with Gasteiger partial charge in [-0.2, -0.15) is 0 Å². The number of likely N-dealkylation sites (tertiary alicyclic amines) is 1. The topological polar surface area (TPSA) is 29.3 Å². The molecule has 1 aromatic rings. The van der Waals surface area contributed by atoms with Crippen molar-refractivity contribution >= 4 is 0 Å². The average molecular weight is 232 g/mol. The van der Waals surface area contributed by atoms with E-state index >= 15 is 0 Å². The van der Waals surface area contributed by atoms with E-state index in [1.54, 1.807) is 0 Å². The first-order chi connectivity index (χ1) is 8.09. The molecule has 2 heteroatoms. The maximum atomic E-state index is 6.52. The van der Waals surface area contributed by atoms with Gasteiger partial charge < -0.3 is 5.73 Å². The van der Waals surface area contributed by atoms with Crippen LogP contribution in [-0.4, -0.2) is 23.7 Å². The molecule has 0 aromatic heterocycles. The Morgan fingerprint density at radius 2 is 1.82 bits per heavy atom. The van der Waals surface area contributed by atoms with Crippen molar-refractivity contribution < 1.29 is 0 Å². The van der Waals surface area contributed by atoms with Gasteiger partial charge in [-0.3, -0.25) is 4.90 Å². The van der Waals surface area contributed by atoms with Gasteiger partial charge in [-0.05, 0) is 50.9 Å². The molecule has 0 radical (unpaired) electrons. The minimum Gasteiger partial charge on any atom is -0.313 e. The molecule has 0 aliphatic carbocycles. The van der Waals surface area contributed by atoms with Crippen LogP contribution in [0.1, 0.15) is 37.3 Å². The first kappa shape index (κ1) is 12.6. The molecule has 1 aromatic carbocycles. The Bertz CT molecular complexity index is 365. The highest BCUT2D eigenvalue weighted by Crippen LogP contribution is 2.22. The molecule has 1 heterocycles. The molecule has 0 bridgehead atoms. The molecule has 1 saturated heterocycles. The summed E-state index contributed by atoms with van der Waals surface area (Å²) in [4.78, 5) is 2.45. The largest absolute Gasteiger partial charge is 0.313 e. The summed E-state index contributed by atoms with van der Waals surface area (Å²) < 4.78 is 0. The van der Waals surface area contributed by atoms with E-state index in [-0.39, 0.29) is 5.66 Å². The number of benzene rings is 1. The molecule has 2 N–H and O–H groups in total. The van der Waals surface area contributed by atoms with Gasteiger partial charge in [0, 0.05) is 6.42 Å². The summed E-state index contributed by atoms with van der Waals surface area (Å²) in [6.07, 6.45) is 4.89. The summed E-state index contributed by atoms with van der Waals surface area (Å²) in [5.41, 5.74) is 9.04. The van der Waals surface area contributed by atoms with E-state index in [1.807, 2.05) is 0 Å². The highest BCUT2D eigenvalue weighted by molar-refractivity contribution is 5.27. The fraction of sp³-hybridized carbons (Fsp3) is 0.600. The first-order valence-electron chi connectivity index (χ1n) is 6.68. The minimum atomic E-state index is -0.202. The van der Waals surface area contributed by atoms with Crippen molar-refractivity contribution in [3.05, 3.63) is 35.4 Å². The van der Waals surface area contributed by atoms with Crippen LogP contribution in [-0.2, 0) is 6.42 Å². The molecular formula is C15H24N2. The SMILES string of the molecule is Cc1ccccc1CC(C)(N)N1CCCCC1. The molecule has 2 rings (SSSR count). The van der Waals surface area contributed by atoms with Crippen molar-refractivity contribution in [2.75, 3.05) is 13.1 Å². The molecule has 0 amide bonds. The second kappa shape index (κ2) is 5.19. The molecule has 17 heavy (non-hydrogen) atoms. The predicted molar refractivity (Wildman–Crippen MR) is 72.9 cm³/mol. The van der Waals surface area contributed by atoms with Gasteiger partial charge in [0.05, 0.1) is 5.66 Å². The summed E-state index contributed by atoms with van der Waals surface area (Å²) in [6, 6.07) is 8.56. The normalized spacial score (nSPS) is 21.1. The van der Waals surface area contributed by atoms with E-state index in [2.05, 4.69) is 43.0 Å². The lowest BCUT2D eigenvalue weighted by Crippen LogP contribution is -2.56. The third-order valence-electron chi connectivity index (χ3n) is 3.89. The van der Waals surface area contributed by atoms with Crippen molar-refractivity contribution in [3.63, 3.8) is 0 Å². The van der Waals surface area contributed by atoms with Crippen LogP contribution in [0, 0.1) is 6.92 Å². The number of hydrogen-bond acceptors (Lipinski definition) is 2. The van der Waals surface area contributed by atoms with Crippen LogP contribution >= 0.6 is 0 Å². The lowest BCUT2D eigenvalue weighted by molar-refractivity contribution is 0.0855. The zero-order valence-corrected chi connectivity index (χ0v) is 11.1. The van der Waals surface area contributed by atoms with Crippen molar-refractivity contribution in [1.82, 2.24) is 4.90 Å². The molecule has 0 saturated carbocycles. The summed E-state index contributed by atoms with van der Waals surface area (Å²) >= 11 is 0. The summed E-state index contributed by atoms with van der Waals surface area (Å²) in [6.45, 7) is 6.64. The standard InChI is InChI=1S/C15H24N2/c1-13-8-4-5-9-14(13)12-15(2,16)17-10-6-3-7-11-17/h4-5,8-9H,3,6-7,10-12,16H2,1-2H3. The smallest absolute Gasteiger partial charge is 0.0699 e. The molecule has 0 spiro atoms. The number of rotatable bonds is 3. The molecule has 1 aliphatic heterocycles. The number of aryl methyl sites for hydroxylation is 1. The van der Waals surface area contributed by atoms with Crippen molar-refractivity contribution in [1.29, 1.82) is 0 Å². The Morgan fingerprint density at radius 3 is 2.47 bits per heavy atom. The van der Waals surface area contributed by atoms with Gasteiger partial charge in [-0.25, -0.2) is 0 Å². The zero-order valence-electron chi connectivity index (χ0n) is 11.1. The van der Waals surface area contributed by atoms with Gasteiger partial charge in [0.2, 0.25) is 0 Å². The Labute approximate surface area is 105 Å². The molecular weight excluding hydrogens is 208 g/mol. The van der Waals surface area contributed by atoms with E-state index in [4.69, 9.17) is 5.73 Å². The van der Waals surface area contributed by atoms with Gasteiger partial charge >= 0.3 is 0 Å². The zero-order chi connectivity index (χ0) is 12.3. The van der Waals surface area contributed by atoms with Gasteiger partial charge in [0.15, 0.2) is 0 Å². The van der Waals surface area contributed by atoms with Crippen LogP contribution in [0.5, 0.6) is 0 Å². The maximum Gasteiger partial charge on any atom is 0.0699 e. The molecule has 2 nitrogen and oxygen atoms in total. The molecule has 1 unspecified atom stereocenters. The third kappa shape index (κ3) is 3.08. The Hall–Kier alpha value is -0.860. The van der Waals surface area contributed by atoms with Crippen LogP contribution in [0.25, 0.3) is 0 Å². The fourth-order valence-electron chi connectivity index (χ4n) is 2.71. The van der Waals surface area contributed by atoms with Crippen LogP contribution in [0.2, 0.25) is 0 Å². The van der Waals surface area contributed by atoms with Gasteiger partial charge in [0.25, 0.3) is 0 Å². The first-order valence-corrected chi connectivity index (χ1v) is 6.68. The van der Waals surface area contributed by atoms with Crippen LogP contribution in [0.4, 0.5) is 0 Å². The molecule has 94 valence electrons.